The van der Waals surface area contributed by atoms with Crippen LogP contribution < -0.4 is 16.0 Å². The van der Waals surface area contributed by atoms with E-state index in [1.807, 2.05) is 25.1 Å². The molecule has 1 aliphatic heterocycles. The minimum atomic E-state index is -0.383. The summed E-state index contributed by atoms with van der Waals surface area (Å²) in [6, 6.07) is 6.00. The fourth-order valence-corrected chi connectivity index (χ4v) is 3.27. The summed E-state index contributed by atoms with van der Waals surface area (Å²) >= 11 is 0. The zero-order valence-electron chi connectivity index (χ0n) is 16.3. The topological polar surface area (TPSA) is 126 Å². The van der Waals surface area contributed by atoms with E-state index in [1.54, 1.807) is 23.0 Å². The molecule has 1 saturated heterocycles. The first kappa shape index (κ1) is 18.2. The van der Waals surface area contributed by atoms with Crippen LogP contribution in [0.4, 0.5) is 11.9 Å². The predicted octanol–water partition coefficient (Wildman–Crippen LogP) is 1.70. The Hall–Kier alpha value is -3.82. The summed E-state index contributed by atoms with van der Waals surface area (Å²) in [5.41, 5.74) is 2.45. The van der Waals surface area contributed by atoms with Gasteiger partial charge in [-0.05, 0) is 38.0 Å². The van der Waals surface area contributed by atoms with Crippen molar-refractivity contribution >= 4 is 35.4 Å². The number of nitrogens with zero attached hydrogens (tertiary/aromatic N) is 5. The Morgan fingerprint density at radius 2 is 2.13 bits per heavy atom. The van der Waals surface area contributed by atoms with Gasteiger partial charge < -0.3 is 10.6 Å². The SMILES string of the molecule is C[C@@H](Nc1nc(NC2CC2)n2ncc(/C=C3\CC(=O)NC3=O)c2n1)c1ccccn1. The van der Waals surface area contributed by atoms with Gasteiger partial charge in [0.25, 0.3) is 5.91 Å². The zero-order valence-corrected chi connectivity index (χ0v) is 16.3. The zero-order chi connectivity index (χ0) is 20.7. The van der Waals surface area contributed by atoms with E-state index < -0.39 is 0 Å². The average molecular weight is 404 g/mol. The van der Waals surface area contributed by atoms with Crippen LogP contribution in [0.2, 0.25) is 0 Å². The van der Waals surface area contributed by atoms with Gasteiger partial charge in [0, 0.05) is 23.4 Å². The molecule has 152 valence electrons. The Morgan fingerprint density at radius 1 is 1.27 bits per heavy atom. The van der Waals surface area contributed by atoms with Crippen LogP contribution in [0.1, 0.15) is 43.5 Å². The number of carbonyl (C=O) groups excluding carboxylic acids is 2. The number of amides is 2. The van der Waals surface area contributed by atoms with Crippen molar-refractivity contribution in [2.45, 2.75) is 38.3 Å². The van der Waals surface area contributed by atoms with Crippen molar-refractivity contribution in [3.05, 3.63) is 47.4 Å². The number of fused-ring (bicyclic) bond motifs is 1. The minimum Gasteiger partial charge on any atom is -0.351 e. The number of hydrogen-bond donors (Lipinski definition) is 3. The Morgan fingerprint density at radius 3 is 2.83 bits per heavy atom. The van der Waals surface area contributed by atoms with Gasteiger partial charge in [0.2, 0.25) is 17.8 Å². The summed E-state index contributed by atoms with van der Waals surface area (Å²) in [5.74, 6) is 0.317. The molecule has 0 radical (unpaired) electrons. The lowest BCUT2D eigenvalue weighted by atomic mass is 10.1. The lowest BCUT2D eigenvalue weighted by Crippen LogP contribution is -2.19. The third-order valence-electron chi connectivity index (χ3n) is 5.01. The highest BCUT2D eigenvalue weighted by molar-refractivity contribution is 6.15. The lowest BCUT2D eigenvalue weighted by molar-refractivity contribution is -0.124. The molecular weight excluding hydrogens is 384 g/mol. The second kappa shape index (κ2) is 7.21. The standard InChI is InChI=1S/C20H20N8O2/c1-11(15-4-2-3-7-21-15)23-19-26-17-13(8-12-9-16(29)25-18(12)30)10-22-28(17)20(27-19)24-14-5-6-14/h2-4,7-8,10-11,14H,5-6,9H2,1H3,(H,25,29,30)(H2,23,24,26,27)/b12-8+/t11-/m1/s1. The Balaban J connectivity index is 1.53. The molecule has 30 heavy (non-hydrogen) atoms. The molecule has 0 unspecified atom stereocenters. The third-order valence-corrected chi connectivity index (χ3v) is 5.01. The summed E-state index contributed by atoms with van der Waals surface area (Å²) in [6.45, 7) is 1.98. The molecule has 4 heterocycles. The Kier molecular flexibility index (Phi) is 4.38. The van der Waals surface area contributed by atoms with Gasteiger partial charge in [-0.1, -0.05) is 6.07 Å². The van der Waals surface area contributed by atoms with E-state index in [0.29, 0.717) is 34.7 Å². The second-order valence-corrected chi connectivity index (χ2v) is 7.47. The molecule has 10 heteroatoms. The van der Waals surface area contributed by atoms with Gasteiger partial charge >= 0.3 is 0 Å². The molecule has 3 N–H and O–H groups in total. The van der Waals surface area contributed by atoms with Crippen LogP contribution in [-0.2, 0) is 9.59 Å². The van der Waals surface area contributed by atoms with Gasteiger partial charge in [-0.2, -0.15) is 19.6 Å². The Labute approximate surface area is 171 Å². The van der Waals surface area contributed by atoms with Gasteiger partial charge in [-0.25, -0.2) is 0 Å². The summed E-state index contributed by atoms with van der Waals surface area (Å²) in [6.07, 6.45) is 7.24. The van der Waals surface area contributed by atoms with Crippen molar-refractivity contribution in [1.29, 1.82) is 0 Å². The first-order valence-corrected chi connectivity index (χ1v) is 9.81. The van der Waals surface area contributed by atoms with Crippen molar-refractivity contribution < 1.29 is 9.59 Å². The van der Waals surface area contributed by atoms with E-state index in [9.17, 15) is 9.59 Å². The monoisotopic (exact) mass is 404 g/mol. The van der Waals surface area contributed by atoms with Crippen LogP contribution >= 0.6 is 0 Å². The molecule has 5 rings (SSSR count). The van der Waals surface area contributed by atoms with Crippen LogP contribution in [0, 0.1) is 0 Å². The van der Waals surface area contributed by atoms with E-state index in [4.69, 9.17) is 0 Å². The van der Waals surface area contributed by atoms with E-state index in [2.05, 4.69) is 36.0 Å². The molecule has 1 saturated carbocycles. The lowest BCUT2D eigenvalue weighted by Gasteiger charge is -2.15. The van der Waals surface area contributed by atoms with Gasteiger partial charge in [0.1, 0.15) is 0 Å². The quantitative estimate of drug-likeness (QED) is 0.419. The fourth-order valence-electron chi connectivity index (χ4n) is 3.27. The number of pyridine rings is 1. The number of hydrogen-bond acceptors (Lipinski definition) is 8. The first-order chi connectivity index (χ1) is 14.6. The molecule has 2 fully saturated rings. The smallest absolute Gasteiger partial charge is 0.254 e. The molecular formula is C20H20N8O2. The second-order valence-electron chi connectivity index (χ2n) is 7.47. The van der Waals surface area contributed by atoms with Crippen LogP contribution in [0.25, 0.3) is 11.7 Å². The summed E-state index contributed by atoms with van der Waals surface area (Å²) in [7, 11) is 0. The van der Waals surface area contributed by atoms with Crippen LogP contribution in [-0.4, -0.2) is 42.4 Å². The maximum Gasteiger partial charge on any atom is 0.254 e. The van der Waals surface area contributed by atoms with Crippen LogP contribution in [0.15, 0.2) is 36.2 Å². The summed E-state index contributed by atoms with van der Waals surface area (Å²) < 4.78 is 1.62. The van der Waals surface area contributed by atoms with Crippen molar-refractivity contribution in [3.8, 4) is 0 Å². The molecule has 0 aromatic carbocycles. The number of anilines is 2. The van der Waals surface area contributed by atoms with Crippen molar-refractivity contribution in [3.63, 3.8) is 0 Å². The van der Waals surface area contributed by atoms with Gasteiger partial charge in [0.15, 0.2) is 5.65 Å². The van der Waals surface area contributed by atoms with E-state index in [1.165, 1.54) is 0 Å². The van der Waals surface area contributed by atoms with Gasteiger partial charge in [0.05, 0.1) is 24.4 Å². The van der Waals surface area contributed by atoms with E-state index in [0.717, 1.165) is 18.5 Å². The molecule has 0 spiro atoms. The molecule has 2 aliphatic rings. The highest BCUT2D eigenvalue weighted by atomic mass is 16.2. The average Bonchev–Trinajstić information content (AvgIpc) is 3.37. The van der Waals surface area contributed by atoms with Gasteiger partial charge in [-0.15, -0.1) is 0 Å². The molecule has 3 aromatic heterocycles. The molecule has 0 bridgehead atoms. The van der Waals surface area contributed by atoms with E-state index in [-0.39, 0.29) is 24.3 Å². The van der Waals surface area contributed by atoms with E-state index >= 15 is 0 Å². The largest absolute Gasteiger partial charge is 0.351 e. The normalized spacial score (nSPS) is 18.6. The first-order valence-electron chi connectivity index (χ1n) is 9.81. The van der Waals surface area contributed by atoms with Crippen molar-refractivity contribution in [2.24, 2.45) is 0 Å². The summed E-state index contributed by atoms with van der Waals surface area (Å²) in [4.78, 5) is 37.0. The molecule has 2 amide bonds. The number of carbonyl (C=O) groups is 2. The predicted molar refractivity (Wildman–Crippen MR) is 109 cm³/mol. The molecule has 3 aromatic rings. The Bertz CT molecular complexity index is 1170. The summed E-state index contributed by atoms with van der Waals surface area (Å²) in [5, 5.41) is 13.3. The highest BCUT2D eigenvalue weighted by Gasteiger charge is 2.26. The van der Waals surface area contributed by atoms with Crippen molar-refractivity contribution in [1.82, 2.24) is 29.9 Å². The maximum absolute atomic E-state index is 11.9. The fraction of sp³-hybridized carbons (Fsp3) is 0.300. The van der Waals surface area contributed by atoms with Gasteiger partial charge in [-0.3, -0.25) is 19.9 Å². The number of rotatable bonds is 6. The maximum atomic E-state index is 11.9. The number of aromatic nitrogens is 5. The number of imide groups is 1. The third kappa shape index (κ3) is 3.59. The molecule has 1 aliphatic carbocycles. The molecule has 10 nitrogen and oxygen atoms in total. The van der Waals surface area contributed by atoms with Crippen LogP contribution in [0.3, 0.4) is 0 Å². The minimum absolute atomic E-state index is 0.0518. The highest BCUT2D eigenvalue weighted by Crippen LogP contribution is 2.27. The van der Waals surface area contributed by atoms with Crippen LogP contribution in [0.5, 0.6) is 0 Å². The molecule has 1 atom stereocenters. The van der Waals surface area contributed by atoms with Crippen molar-refractivity contribution in [2.75, 3.05) is 10.6 Å². The number of nitrogens with one attached hydrogen (secondary N) is 3.